The molecule has 3 unspecified atom stereocenters. The number of hydrogen-bond donors (Lipinski definition) is 0. The summed E-state index contributed by atoms with van der Waals surface area (Å²) in [7, 11) is 0. The van der Waals surface area contributed by atoms with E-state index in [4.69, 9.17) is 0 Å². The van der Waals surface area contributed by atoms with Crippen molar-refractivity contribution in [2.24, 2.45) is 22.7 Å². The largest absolute Gasteiger partial charge is 0.0776 e. The fraction of sp³-hybridized carbons (Fsp3) is 0.355. The Balaban J connectivity index is 0.000000217. The number of hydrogen-bond acceptors (Lipinski definition) is 0. The Morgan fingerprint density at radius 1 is 0.742 bits per heavy atom. The predicted molar refractivity (Wildman–Crippen MR) is 133 cm³/mol. The van der Waals surface area contributed by atoms with Crippen LogP contribution in [-0.2, 0) is 6.42 Å². The lowest BCUT2D eigenvalue weighted by Gasteiger charge is -2.16. The Morgan fingerprint density at radius 3 is 2.03 bits per heavy atom. The highest BCUT2D eigenvalue weighted by Gasteiger charge is 2.51. The van der Waals surface area contributed by atoms with Crippen molar-refractivity contribution >= 4 is 5.57 Å². The molecule has 2 fully saturated rings. The minimum atomic E-state index is 0.431. The molecule has 4 aliphatic carbocycles. The van der Waals surface area contributed by atoms with Crippen LogP contribution in [0.1, 0.15) is 48.9 Å². The highest BCUT2D eigenvalue weighted by molar-refractivity contribution is 5.76. The summed E-state index contributed by atoms with van der Waals surface area (Å²) in [5.74, 6) is 1.55. The normalized spacial score (nSPS) is 31.5. The van der Waals surface area contributed by atoms with Crippen LogP contribution in [0, 0.1) is 36.5 Å². The highest BCUT2D eigenvalue weighted by Crippen LogP contribution is 2.59. The van der Waals surface area contributed by atoms with E-state index in [0.29, 0.717) is 10.8 Å². The quantitative estimate of drug-likeness (QED) is 0.484. The van der Waals surface area contributed by atoms with E-state index in [9.17, 15) is 0 Å². The molecule has 2 aromatic carbocycles. The standard InChI is InChI=1S/C23H24.C8H10/c1-16-7-10-23(15-21(23)11-16)13-17-3-5-18(6-4-17)19-8-9-22(2)14-20(22)12-19;1-7-3-5-8(2)6-4-7/h3-12,20-21H,13-15H2,1-2H3;3-6H,1-2H3/t20?,21?,22?,23-;/m0./s1. The summed E-state index contributed by atoms with van der Waals surface area (Å²) in [4.78, 5) is 0. The van der Waals surface area contributed by atoms with Gasteiger partial charge in [0.1, 0.15) is 0 Å². The van der Waals surface area contributed by atoms with Crippen LogP contribution in [0.25, 0.3) is 5.57 Å². The van der Waals surface area contributed by atoms with Crippen LogP contribution in [0.3, 0.4) is 0 Å². The molecule has 0 N–H and O–H groups in total. The molecule has 0 heterocycles. The summed E-state index contributed by atoms with van der Waals surface area (Å²) in [5, 5.41) is 0. The maximum absolute atomic E-state index is 2.47. The van der Waals surface area contributed by atoms with E-state index in [1.54, 1.807) is 0 Å². The molecule has 0 spiro atoms. The molecule has 6 rings (SSSR count). The summed E-state index contributed by atoms with van der Waals surface area (Å²) in [6, 6.07) is 17.8. The third-order valence-corrected chi connectivity index (χ3v) is 7.73. The molecule has 0 radical (unpaired) electrons. The van der Waals surface area contributed by atoms with Gasteiger partial charge in [-0.15, -0.1) is 0 Å². The first-order valence-corrected chi connectivity index (χ1v) is 11.8. The summed E-state index contributed by atoms with van der Waals surface area (Å²) in [6.45, 7) is 8.77. The molecule has 0 saturated heterocycles. The molecule has 2 aromatic rings. The van der Waals surface area contributed by atoms with E-state index in [0.717, 1.165) is 11.8 Å². The fourth-order valence-corrected chi connectivity index (χ4v) is 5.13. The van der Waals surface area contributed by atoms with E-state index in [1.807, 2.05) is 0 Å². The van der Waals surface area contributed by atoms with Crippen LogP contribution in [0.15, 0.2) is 90.6 Å². The minimum Gasteiger partial charge on any atom is -0.0776 e. The second-order valence-electron chi connectivity index (χ2n) is 10.6. The Morgan fingerprint density at radius 2 is 1.42 bits per heavy atom. The van der Waals surface area contributed by atoms with Crippen molar-refractivity contribution in [3.05, 3.63) is 113 Å². The number of fused-ring (bicyclic) bond motifs is 2. The van der Waals surface area contributed by atoms with Gasteiger partial charge in [-0.2, -0.15) is 0 Å². The Bertz CT molecular complexity index is 1070. The van der Waals surface area contributed by atoms with Gasteiger partial charge in [0.05, 0.1) is 0 Å². The predicted octanol–water partition coefficient (Wildman–Crippen LogP) is 8.03. The van der Waals surface area contributed by atoms with Crippen molar-refractivity contribution in [2.75, 3.05) is 0 Å². The first-order valence-electron chi connectivity index (χ1n) is 11.8. The van der Waals surface area contributed by atoms with Gasteiger partial charge in [0, 0.05) is 0 Å². The molecule has 31 heavy (non-hydrogen) atoms. The van der Waals surface area contributed by atoms with Gasteiger partial charge in [0.2, 0.25) is 0 Å². The Kier molecular flexibility index (Phi) is 4.93. The van der Waals surface area contributed by atoms with Gasteiger partial charge in [-0.1, -0.05) is 109 Å². The van der Waals surface area contributed by atoms with E-state index in [-0.39, 0.29) is 0 Å². The summed E-state index contributed by atoms with van der Waals surface area (Å²) >= 11 is 0. The zero-order valence-corrected chi connectivity index (χ0v) is 19.4. The third-order valence-electron chi connectivity index (χ3n) is 7.73. The maximum atomic E-state index is 2.47. The van der Waals surface area contributed by atoms with Crippen LogP contribution in [0.5, 0.6) is 0 Å². The van der Waals surface area contributed by atoms with Crippen LogP contribution in [0.2, 0.25) is 0 Å². The van der Waals surface area contributed by atoms with Crippen LogP contribution in [0.4, 0.5) is 0 Å². The summed E-state index contributed by atoms with van der Waals surface area (Å²) in [5.41, 5.74) is 9.26. The second kappa shape index (κ2) is 7.52. The van der Waals surface area contributed by atoms with Crippen LogP contribution >= 0.6 is 0 Å². The van der Waals surface area contributed by atoms with E-state index in [2.05, 4.69) is 113 Å². The van der Waals surface area contributed by atoms with Crippen molar-refractivity contribution in [3.63, 3.8) is 0 Å². The topological polar surface area (TPSA) is 0 Å². The molecule has 0 aromatic heterocycles. The van der Waals surface area contributed by atoms with Crippen molar-refractivity contribution in [1.29, 1.82) is 0 Å². The van der Waals surface area contributed by atoms with Gasteiger partial charge in [-0.3, -0.25) is 0 Å². The second-order valence-corrected chi connectivity index (χ2v) is 10.6. The smallest absolute Gasteiger partial charge is 0.000554 e. The number of allylic oxidation sites excluding steroid dienone is 8. The summed E-state index contributed by atoms with van der Waals surface area (Å²) in [6.07, 6.45) is 18.3. The average molecular weight is 407 g/mol. The van der Waals surface area contributed by atoms with Gasteiger partial charge in [-0.05, 0) is 79.4 Å². The van der Waals surface area contributed by atoms with Gasteiger partial charge < -0.3 is 0 Å². The lowest BCUT2D eigenvalue weighted by Crippen LogP contribution is -2.07. The van der Waals surface area contributed by atoms with Crippen molar-refractivity contribution in [3.8, 4) is 0 Å². The van der Waals surface area contributed by atoms with Gasteiger partial charge >= 0.3 is 0 Å². The van der Waals surface area contributed by atoms with E-state index in [1.165, 1.54) is 52.7 Å². The van der Waals surface area contributed by atoms with Gasteiger partial charge in [0.15, 0.2) is 0 Å². The Hall–Kier alpha value is -2.60. The number of aryl methyl sites for hydroxylation is 2. The number of rotatable bonds is 3. The Labute approximate surface area is 188 Å². The zero-order chi connectivity index (χ0) is 21.6. The monoisotopic (exact) mass is 406 g/mol. The lowest BCUT2D eigenvalue weighted by molar-refractivity contribution is 0.602. The first-order chi connectivity index (χ1) is 14.9. The lowest BCUT2D eigenvalue weighted by atomic mass is 9.88. The summed E-state index contributed by atoms with van der Waals surface area (Å²) < 4.78 is 0. The molecule has 158 valence electrons. The molecule has 2 saturated carbocycles. The molecule has 0 amide bonds. The zero-order valence-electron chi connectivity index (χ0n) is 19.4. The SMILES string of the molecule is CC1=CC2C[C@@]2(Cc2ccc(C3=CC4CC4(C)C=C3)cc2)C=C1.Cc1ccc(C)cc1. The maximum Gasteiger partial charge on any atom is -0.000554 e. The van der Waals surface area contributed by atoms with E-state index < -0.39 is 0 Å². The van der Waals surface area contributed by atoms with Gasteiger partial charge in [-0.25, -0.2) is 0 Å². The van der Waals surface area contributed by atoms with Crippen molar-refractivity contribution in [2.45, 2.75) is 47.0 Å². The first kappa shape index (κ1) is 20.3. The van der Waals surface area contributed by atoms with Gasteiger partial charge in [0.25, 0.3) is 0 Å². The van der Waals surface area contributed by atoms with Crippen LogP contribution < -0.4 is 0 Å². The fourth-order valence-electron chi connectivity index (χ4n) is 5.13. The average Bonchev–Trinajstić information content (AvgIpc) is 3.64. The minimum absolute atomic E-state index is 0.431. The third kappa shape index (κ3) is 4.26. The molecule has 0 aliphatic heterocycles. The molecular formula is C31H34. The molecule has 0 bridgehead atoms. The van der Waals surface area contributed by atoms with Crippen molar-refractivity contribution in [1.82, 2.24) is 0 Å². The highest BCUT2D eigenvalue weighted by atomic mass is 14.5. The number of benzene rings is 2. The molecule has 4 aliphatic rings. The van der Waals surface area contributed by atoms with E-state index >= 15 is 0 Å². The van der Waals surface area contributed by atoms with Crippen molar-refractivity contribution < 1.29 is 0 Å². The molecule has 4 atom stereocenters. The molecular weight excluding hydrogens is 372 g/mol. The molecule has 0 nitrogen and oxygen atoms in total. The van der Waals surface area contributed by atoms with Crippen LogP contribution in [-0.4, -0.2) is 0 Å². The molecule has 0 heteroatoms.